The van der Waals surface area contributed by atoms with Gasteiger partial charge in [-0.2, -0.15) is 0 Å². The fourth-order valence-corrected chi connectivity index (χ4v) is 2.05. The number of nitrogens with one attached hydrogen (secondary N) is 2. The molecule has 1 amide bonds. The second-order valence-electron chi connectivity index (χ2n) is 3.58. The molecule has 4 heteroatoms. The number of carbonyl (C=O) groups excluding carboxylic acids is 1. The average molecular weight is 191 g/mol. The summed E-state index contributed by atoms with van der Waals surface area (Å²) in [6, 6.07) is 0. The molecule has 3 nitrogen and oxygen atoms in total. The van der Waals surface area contributed by atoms with Crippen molar-refractivity contribution in [3.05, 3.63) is 0 Å². The van der Waals surface area contributed by atoms with Crippen molar-refractivity contribution in [2.24, 2.45) is 0 Å². The van der Waals surface area contributed by atoms with Crippen molar-refractivity contribution in [1.82, 2.24) is 10.6 Å². The predicted octanol–water partition coefficient (Wildman–Crippen LogP) is 0.440. The van der Waals surface area contributed by atoms with Crippen molar-refractivity contribution in [2.45, 2.75) is 31.2 Å². The minimum Gasteiger partial charge on any atom is -0.351 e. The summed E-state index contributed by atoms with van der Waals surface area (Å²) in [7, 11) is 0. The van der Waals surface area contributed by atoms with Gasteiger partial charge in [0.2, 0.25) is 5.91 Å². The Morgan fingerprint density at radius 2 is 1.83 bits per heavy atom. The summed E-state index contributed by atoms with van der Waals surface area (Å²) in [4.78, 5) is 11.0. The maximum atomic E-state index is 11.0. The van der Waals surface area contributed by atoms with Gasteiger partial charge in [-0.3, -0.25) is 4.79 Å². The first-order chi connectivity index (χ1) is 5.31. The van der Waals surface area contributed by atoms with Gasteiger partial charge in [0.1, 0.15) is 0 Å². The molecule has 12 heavy (non-hydrogen) atoms. The van der Waals surface area contributed by atoms with Gasteiger partial charge in [0.05, 0.1) is 0 Å². The first kappa shape index (κ1) is 9.81. The number of carbonyl (C=O) groups is 1. The third-order valence-electron chi connectivity index (χ3n) is 2.80. The Balaban J connectivity index is 0.000000720. The van der Waals surface area contributed by atoms with E-state index in [9.17, 15) is 4.79 Å². The van der Waals surface area contributed by atoms with E-state index in [4.69, 9.17) is 0 Å². The standard InChI is InChI=1S/C8H14N2O.ClH/c11-7-1-2-8(10-7)3-5-9-6-4-8;/h9H,1-6H2,(H,10,11);1H. The molecule has 0 aliphatic carbocycles. The number of amides is 1. The van der Waals surface area contributed by atoms with Gasteiger partial charge in [0.15, 0.2) is 0 Å². The molecule has 2 N–H and O–H groups in total. The van der Waals surface area contributed by atoms with Crippen molar-refractivity contribution < 1.29 is 4.79 Å². The lowest BCUT2D eigenvalue weighted by Gasteiger charge is -2.33. The van der Waals surface area contributed by atoms with Gasteiger partial charge in [0.25, 0.3) is 0 Å². The Labute approximate surface area is 78.7 Å². The molecular formula is C8H15ClN2O. The van der Waals surface area contributed by atoms with E-state index in [2.05, 4.69) is 10.6 Å². The van der Waals surface area contributed by atoms with E-state index in [1.165, 1.54) is 0 Å². The average Bonchev–Trinajstić information content (AvgIpc) is 2.34. The maximum absolute atomic E-state index is 11.0. The number of hydrogen-bond donors (Lipinski definition) is 2. The summed E-state index contributed by atoms with van der Waals surface area (Å²) in [5, 5.41) is 6.39. The molecule has 0 aromatic heterocycles. The fraction of sp³-hybridized carbons (Fsp3) is 0.875. The van der Waals surface area contributed by atoms with Gasteiger partial charge in [-0.05, 0) is 32.4 Å². The van der Waals surface area contributed by atoms with Crippen LogP contribution in [0, 0.1) is 0 Å². The first-order valence-electron chi connectivity index (χ1n) is 4.33. The first-order valence-corrected chi connectivity index (χ1v) is 4.33. The van der Waals surface area contributed by atoms with E-state index in [0.717, 1.165) is 38.8 Å². The highest BCUT2D eigenvalue weighted by molar-refractivity contribution is 5.85. The Bertz CT molecular complexity index is 178. The van der Waals surface area contributed by atoms with E-state index >= 15 is 0 Å². The van der Waals surface area contributed by atoms with Gasteiger partial charge in [0, 0.05) is 12.0 Å². The predicted molar refractivity (Wildman–Crippen MR) is 49.5 cm³/mol. The van der Waals surface area contributed by atoms with Crippen molar-refractivity contribution >= 4 is 18.3 Å². The Hall–Kier alpha value is -0.280. The van der Waals surface area contributed by atoms with Crippen LogP contribution in [-0.2, 0) is 4.79 Å². The molecule has 0 radical (unpaired) electrons. The molecule has 2 fully saturated rings. The van der Waals surface area contributed by atoms with E-state index in [1.54, 1.807) is 0 Å². The molecular weight excluding hydrogens is 176 g/mol. The van der Waals surface area contributed by atoms with Crippen molar-refractivity contribution in [3.63, 3.8) is 0 Å². The monoisotopic (exact) mass is 190 g/mol. The summed E-state index contributed by atoms with van der Waals surface area (Å²) in [6.45, 7) is 2.11. The van der Waals surface area contributed by atoms with Gasteiger partial charge in [-0.25, -0.2) is 0 Å². The van der Waals surface area contributed by atoms with Crippen LogP contribution in [0.3, 0.4) is 0 Å². The molecule has 0 atom stereocenters. The minimum absolute atomic E-state index is 0. The SMILES string of the molecule is Cl.O=C1CCC2(CCNCC2)N1. The summed E-state index contributed by atoms with van der Waals surface area (Å²) >= 11 is 0. The maximum Gasteiger partial charge on any atom is 0.220 e. The van der Waals surface area contributed by atoms with Gasteiger partial charge in [-0.15, -0.1) is 12.4 Å². The van der Waals surface area contributed by atoms with Crippen LogP contribution in [0.25, 0.3) is 0 Å². The molecule has 0 bridgehead atoms. The lowest BCUT2D eigenvalue weighted by molar-refractivity contribution is -0.119. The normalized spacial score (nSPS) is 26.5. The topological polar surface area (TPSA) is 41.1 Å². The number of rotatable bonds is 0. The van der Waals surface area contributed by atoms with Crippen LogP contribution in [0.5, 0.6) is 0 Å². The second kappa shape index (κ2) is 3.62. The number of halogens is 1. The highest BCUT2D eigenvalue weighted by Crippen LogP contribution is 2.28. The quantitative estimate of drug-likeness (QED) is 0.582. The summed E-state index contributed by atoms with van der Waals surface area (Å²) in [5.74, 6) is 0.243. The zero-order chi connectivity index (χ0) is 7.73. The van der Waals surface area contributed by atoms with Crippen LogP contribution in [0.2, 0.25) is 0 Å². The summed E-state index contributed by atoms with van der Waals surface area (Å²) in [6.07, 6.45) is 4.00. The lowest BCUT2D eigenvalue weighted by Crippen LogP contribution is -2.49. The Morgan fingerprint density at radius 3 is 2.33 bits per heavy atom. The van der Waals surface area contributed by atoms with E-state index < -0.39 is 0 Å². The molecule has 0 saturated carbocycles. The second-order valence-corrected chi connectivity index (χ2v) is 3.58. The lowest BCUT2D eigenvalue weighted by atomic mass is 9.87. The van der Waals surface area contributed by atoms with E-state index in [-0.39, 0.29) is 23.9 Å². The Kier molecular flexibility index (Phi) is 2.96. The molecule has 2 saturated heterocycles. The van der Waals surface area contributed by atoms with Crippen molar-refractivity contribution in [1.29, 1.82) is 0 Å². The highest BCUT2D eigenvalue weighted by atomic mass is 35.5. The van der Waals surface area contributed by atoms with Crippen LogP contribution in [-0.4, -0.2) is 24.5 Å². The van der Waals surface area contributed by atoms with Crippen LogP contribution < -0.4 is 10.6 Å². The molecule has 0 aromatic carbocycles. The van der Waals surface area contributed by atoms with Gasteiger partial charge in [-0.1, -0.05) is 0 Å². The van der Waals surface area contributed by atoms with Gasteiger partial charge >= 0.3 is 0 Å². The van der Waals surface area contributed by atoms with Gasteiger partial charge < -0.3 is 10.6 Å². The molecule has 2 heterocycles. The van der Waals surface area contributed by atoms with Crippen LogP contribution >= 0.6 is 12.4 Å². The van der Waals surface area contributed by atoms with E-state index in [0.29, 0.717) is 0 Å². The molecule has 2 aliphatic heterocycles. The van der Waals surface area contributed by atoms with Crippen molar-refractivity contribution in [3.8, 4) is 0 Å². The smallest absolute Gasteiger partial charge is 0.220 e. The largest absolute Gasteiger partial charge is 0.351 e. The molecule has 2 rings (SSSR count). The Morgan fingerprint density at radius 1 is 1.17 bits per heavy atom. The minimum atomic E-state index is 0. The third kappa shape index (κ3) is 1.72. The van der Waals surface area contributed by atoms with Crippen LogP contribution in [0.4, 0.5) is 0 Å². The number of piperidine rings is 1. The molecule has 1 spiro atoms. The molecule has 70 valence electrons. The molecule has 0 aromatic rings. The van der Waals surface area contributed by atoms with E-state index in [1.807, 2.05) is 0 Å². The zero-order valence-electron chi connectivity index (χ0n) is 7.06. The molecule has 2 aliphatic rings. The highest BCUT2D eigenvalue weighted by Gasteiger charge is 2.37. The summed E-state index contributed by atoms with van der Waals surface area (Å²) in [5.41, 5.74) is 0.183. The summed E-state index contributed by atoms with van der Waals surface area (Å²) < 4.78 is 0. The van der Waals surface area contributed by atoms with Crippen LogP contribution in [0.1, 0.15) is 25.7 Å². The number of hydrogen-bond acceptors (Lipinski definition) is 2. The third-order valence-corrected chi connectivity index (χ3v) is 2.80. The van der Waals surface area contributed by atoms with Crippen LogP contribution in [0.15, 0.2) is 0 Å². The molecule has 0 unspecified atom stereocenters. The zero-order valence-corrected chi connectivity index (χ0v) is 7.88. The van der Waals surface area contributed by atoms with Crippen molar-refractivity contribution in [2.75, 3.05) is 13.1 Å². The fourth-order valence-electron chi connectivity index (χ4n) is 2.05.